The summed E-state index contributed by atoms with van der Waals surface area (Å²) in [6, 6.07) is 14.3. The van der Waals surface area contributed by atoms with Crippen LogP contribution in [0.15, 0.2) is 48.5 Å². The maximum absolute atomic E-state index is 12.7. The van der Waals surface area contributed by atoms with Crippen molar-refractivity contribution in [1.82, 2.24) is 5.32 Å². The maximum atomic E-state index is 12.7. The zero-order valence-electron chi connectivity index (χ0n) is 12.3. The van der Waals surface area contributed by atoms with E-state index in [2.05, 4.69) is 5.32 Å². The first kappa shape index (κ1) is 15.1. The second kappa shape index (κ2) is 6.90. The van der Waals surface area contributed by atoms with E-state index in [1.54, 1.807) is 36.2 Å². The number of hydrogen-bond donors (Lipinski definition) is 2. The van der Waals surface area contributed by atoms with Gasteiger partial charge in [-0.05, 0) is 43.8 Å². The van der Waals surface area contributed by atoms with E-state index in [9.17, 15) is 9.90 Å². The molecule has 2 N–H and O–H groups in total. The first-order valence-electron chi connectivity index (χ1n) is 6.93. The highest BCUT2D eigenvalue weighted by atomic mass is 16.3. The Balaban J connectivity index is 2.27. The molecule has 0 radical (unpaired) electrons. The third kappa shape index (κ3) is 3.61. The number of rotatable bonds is 5. The molecule has 110 valence electrons. The largest absolute Gasteiger partial charge is 0.508 e. The van der Waals surface area contributed by atoms with Gasteiger partial charge in [0.2, 0.25) is 0 Å². The normalized spacial score (nSPS) is 10.4. The Kier molecular flexibility index (Phi) is 4.95. The molecule has 0 saturated carbocycles. The molecule has 0 heterocycles. The highest BCUT2D eigenvalue weighted by molar-refractivity contribution is 6.06. The Hall–Kier alpha value is -2.33. The van der Waals surface area contributed by atoms with Gasteiger partial charge in [-0.1, -0.05) is 24.3 Å². The molecule has 4 nitrogen and oxygen atoms in total. The van der Waals surface area contributed by atoms with E-state index >= 15 is 0 Å². The number of nitrogens with one attached hydrogen (secondary N) is 1. The summed E-state index contributed by atoms with van der Waals surface area (Å²) >= 11 is 0. The SMILES string of the molecule is CNCCc1ccccc1C(=O)N(C)c1cccc(O)c1. The van der Waals surface area contributed by atoms with Crippen molar-refractivity contribution in [3.63, 3.8) is 0 Å². The average molecular weight is 284 g/mol. The van der Waals surface area contributed by atoms with Gasteiger partial charge in [-0.3, -0.25) is 4.79 Å². The number of hydrogen-bond acceptors (Lipinski definition) is 3. The lowest BCUT2D eigenvalue weighted by Gasteiger charge is -2.19. The van der Waals surface area contributed by atoms with Crippen LogP contribution < -0.4 is 10.2 Å². The van der Waals surface area contributed by atoms with Crippen LogP contribution in [0, 0.1) is 0 Å². The molecule has 1 amide bonds. The van der Waals surface area contributed by atoms with Gasteiger partial charge in [0.15, 0.2) is 0 Å². The fraction of sp³-hybridized carbons (Fsp3) is 0.235. The lowest BCUT2D eigenvalue weighted by Crippen LogP contribution is -2.27. The summed E-state index contributed by atoms with van der Waals surface area (Å²) in [5.41, 5.74) is 2.38. The van der Waals surface area contributed by atoms with Crippen molar-refractivity contribution in [1.29, 1.82) is 0 Å². The van der Waals surface area contributed by atoms with Gasteiger partial charge in [0, 0.05) is 24.4 Å². The molecule has 0 saturated heterocycles. The fourth-order valence-corrected chi connectivity index (χ4v) is 2.21. The van der Waals surface area contributed by atoms with E-state index < -0.39 is 0 Å². The third-order valence-corrected chi connectivity index (χ3v) is 3.41. The fourth-order valence-electron chi connectivity index (χ4n) is 2.21. The van der Waals surface area contributed by atoms with Gasteiger partial charge in [0.25, 0.3) is 5.91 Å². The molecule has 0 bridgehead atoms. The van der Waals surface area contributed by atoms with E-state index in [0.717, 1.165) is 18.5 Å². The van der Waals surface area contributed by atoms with Crippen molar-refractivity contribution in [3.05, 3.63) is 59.7 Å². The topological polar surface area (TPSA) is 52.6 Å². The molecule has 0 aliphatic rings. The quantitative estimate of drug-likeness (QED) is 0.886. The van der Waals surface area contributed by atoms with Crippen LogP contribution in [-0.4, -0.2) is 31.7 Å². The predicted octanol–water partition coefficient (Wildman–Crippen LogP) is 2.43. The smallest absolute Gasteiger partial charge is 0.258 e. The van der Waals surface area contributed by atoms with Crippen LogP contribution in [0.25, 0.3) is 0 Å². The Morgan fingerprint density at radius 2 is 1.95 bits per heavy atom. The number of benzene rings is 2. The number of aromatic hydroxyl groups is 1. The van der Waals surface area contributed by atoms with E-state index in [1.807, 2.05) is 31.3 Å². The first-order chi connectivity index (χ1) is 10.1. The number of phenols is 1. The predicted molar refractivity (Wildman–Crippen MR) is 84.9 cm³/mol. The van der Waals surface area contributed by atoms with Crippen molar-refractivity contribution in [2.24, 2.45) is 0 Å². The van der Waals surface area contributed by atoms with Crippen LogP contribution in [0.3, 0.4) is 0 Å². The van der Waals surface area contributed by atoms with Gasteiger partial charge in [-0.15, -0.1) is 0 Å². The van der Waals surface area contributed by atoms with Crippen LogP contribution in [0.5, 0.6) is 5.75 Å². The van der Waals surface area contributed by atoms with Crippen molar-refractivity contribution in [3.8, 4) is 5.75 Å². The maximum Gasteiger partial charge on any atom is 0.258 e. The van der Waals surface area contributed by atoms with E-state index in [1.165, 1.54) is 0 Å². The molecule has 2 aromatic rings. The van der Waals surface area contributed by atoms with E-state index in [-0.39, 0.29) is 11.7 Å². The van der Waals surface area contributed by atoms with E-state index in [0.29, 0.717) is 11.3 Å². The van der Waals surface area contributed by atoms with Gasteiger partial charge < -0.3 is 15.3 Å². The number of anilines is 1. The molecule has 2 aromatic carbocycles. The number of phenolic OH excluding ortho intramolecular Hbond substituents is 1. The summed E-state index contributed by atoms with van der Waals surface area (Å²) in [5, 5.41) is 12.6. The Morgan fingerprint density at radius 1 is 1.19 bits per heavy atom. The van der Waals surface area contributed by atoms with Gasteiger partial charge in [-0.25, -0.2) is 0 Å². The minimum absolute atomic E-state index is 0.0766. The average Bonchev–Trinajstić information content (AvgIpc) is 2.51. The molecule has 0 atom stereocenters. The minimum atomic E-state index is -0.0766. The minimum Gasteiger partial charge on any atom is -0.508 e. The number of nitrogens with zero attached hydrogens (tertiary/aromatic N) is 1. The molecular formula is C17H20N2O2. The van der Waals surface area contributed by atoms with Crippen LogP contribution in [0.1, 0.15) is 15.9 Å². The molecule has 0 aliphatic heterocycles. The van der Waals surface area contributed by atoms with Crippen LogP contribution in [0.2, 0.25) is 0 Å². The highest BCUT2D eigenvalue weighted by Gasteiger charge is 2.16. The Morgan fingerprint density at radius 3 is 2.67 bits per heavy atom. The number of carbonyl (C=O) groups excluding carboxylic acids is 1. The molecule has 0 unspecified atom stereocenters. The van der Waals surface area contributed by atoms with Gasteiger partial charge >= 0.3 is 0 Å². The number of likely N-dealkylation sites (N-methyl/N-ethyl adjacent to an activating group) is 1. The van der Waals surface area contributed by atoms with Crippen LogP contribution >= 0.6 is 0 Å². The number of amides is 1. The zero-order valence-corrected chi connectivity index (χ0v) is 12.3. The second-order valence-electron chi connectivity index (χ2n) is 4.89. The summed E-state index contributed by atoms with van der Waals surface area (Å²) in [7, 11) is 3.61. The van der Waals surface area contributed by atoms with Crippen molar-refractivity contribution >= 4 is 11.6 Å². The monoisotopic (exact) mass is 284 g/mol. The molecule has 4 heteroatoms. The Labute approximate surface area is 125 Å². The summed E-state index contributed by atoms with van der Waals surface area (Å²) in [5.74, 6) is 0.0721. The number of carbonyl (C=O) groups is 1. The summed E-state index contributed by atoms with van der Waals surface area (Å²) < 4.78 is 0. The molecule has 2 rings (SSSR count). The zero-order chi connectivity index (χ0) is 15.2. The van der Waals surface area contributed by atoms with Crippen LogP contribution in [-0.2, 0) is 6.42 Å². The molecule has 0 fully saturated rings. The molecular weight excluding hydrogens is 264 g/mol. The van der Waals surface area contributed by atoms with Crippen LogP contribution in [0.4, 0.5) is 5.69 Å². The summed E-state index contributed by atoms with van der Waals surface area (Å²) in [4.78, 5) is 14.2. The van der Waals surface area contributed by atoms with Gasteiger partial charge in [-0.2, -0.15) is 0 Å². The molecule has 0 spiro atoms. The lowest BCUT2D eigenvalue weighted by atomic mass is 10.0. The second-order valence-corrected chi connectivity index (χ2v) is 4.89. The molecule has 0 aromatic heterocycles. The molecule has 21 heavy (non-hydrogen) atoms. The van der Waals surface area contributed by atoms with Gasteiger partial charge in [0.1, 0.15) is 5.75 Å². The third-order valence-electron chi connectivity index (χ3n) is 3.41. The summed E-state index contributed by atoms with van der Waals surface area (Å²) in [6.07, 6.45) is 0.798. The van der Waals surface area contributed by atoms with E-state index in [4.69, 9.17) is 0 Å². The standard InChI is InChI=1S/C17H20N2O2/c1-18-11-10-13-6-3-4-9-16(13)17(21)19(2)14-7-5-8-15(20)12-14/h3-9,12,18,20H,10-11H2,1-2H3. The highest BCUT2D eigenvalue weighted by Crippen LogP contribution is 2.21. The molecule has 0 aliphatic carbocycles. The summed E-state index contributed by atoms with van der Waals surface area (Å²) in [6.45, 7) is 0.820. The van der Waals surface area contributed by atoms with Crippen molar-refractivity contribution in [2.75, 3.05) is 25.5 Å². The van der Waals surface area contributed by atoms with Crippen molar-refractivity contribution < 1.29 is 9.90 Å². The van der Waals surface area contributed by atoms with Crippen molar-refractivity contribution in [2.45, 2.75) is 6.42 Å². The first-order valence-corrected chi connectivity index (χ1v) is 6.93. The lowest BCUT2D eigenvalue weighted by molar-refractivity contribution is 0.0992. The Bertz CT molecular complexity index is 626. The van der Waals surface area contributed by atoms with Gasteiger partial charge in [0.05, 0.1) is 0 Å².